The van der Waals surface area contributed by atoms with E-state index in [1.165, 1.54) is 0 Å². The third-order valence-corrected chi connectivity index (χ3v) is 3.54. The summed E-state index contributed by atoms with van der Waals surface area (Å²) in [6.07, 6.45) is 2.21. The summed E-state index contributed by atoms with van der Waals surface area (Å²) in [7, 11) is 0. The normalized spacial score (nSPS) is 17.7. The van der Waals surface area contributed by atoms with E-state index in [1.54, 1.807) is 6.07 Å². The molecule has 1 saturated heterocycles. The Morgan fingerprint density at radius 2 is 2.12 bits per heavy atom. The number of phenolic OH excluding ortho intramolecular Hbond substituents is 1. The van der Waals surface area contributed by atoms with Gasteiger partial charge in [-0.1, -0.05) is 6.07 Å². The minimum atomic E-state index is 0.334. The summed E-state index contributed by atoms with van der Waals surface area (Å²) in [5, 5.41) is 18.8. The topological polar surface area (TPSA) is 50.1 Å². The molecule has 0 amide bonds. The zero-order valence-corrected chi connectivity index (χ0v) is 9.98. The molecule has 4 nitrogen and oxygen atoms in total. The van der Waals surface area contributed by atoms with E-state index < -0.39 is 0 Å². The maximum absolute atomic E-state index is 9.90. The van der Waals surface area contributed by atoms with Gasteiger partial charge in [0.25, 0.3) is 0 Å². The number of piperidine rings is 1. The van der Waals surface area contributed by atoms with Crippen LogP contribution in [-0.4, -0.2) is 28.0 Å². The highest BCUT2D eigenvalue weighted by atomic mass is 16.3. The molecule has 0 unspecified atom stereocenters. The van der Waals surface area contributed by atoms with E-state index in [9.17, 15) is 5.11 Å². The molecule has 1 aromatic carbocycles. The SMILES string of the molecule is Cc1nn(C2CCNCC2)c2cccc(O)c12. The molecule has 0 aliphatic carbocycles. The van der Waals surface area contributed by atoms with Crippen LogP contribution in [0.1, 0.15) is 24.6 Å². The average Bonchev–Trinajstić information content (AvgIpc) is 2.69. The first kappa shape index (κ1) is 10.6. The molecule has 2 heterocycles. The van der Waals surface area contributed by atoms with Crippen LogP contribution in [0.4, 0.5) is 0 Å². The van der Waals surface area contributed by atoms with Gasteiger partial charge in [0.05, 0.1) is 22.6 Å². The second-order valence-electron chi connectivity index (χ2n) is 4.68. The predicted molar refractivity (Wildman–Crippen MR) is 67.3 cm³/mol. The Bertz CT molecular complexity index is 541. The summed E-state index contributed by atoms with van der Waals surface area (Å²) in [6.45, 7) is 4.05. The molecule has 0 spiro atoms. The van der Waals surface area contributed by atoms with E-state index in [-0.39, 0.29) is 0 Å². The van der Waals surface area contributed by atoms with Crippen molar-refractivity contribution >= 4 is 10.9 Å². The van der Waals surface area contributed by atoms with Crippen LogP contribution in [0.15, 0.2) is 18.2 Å². The lowest BCUT2D eigenvalue weighted by atomic mass is 10.1. The number of hydrogen-bond donors (Lipinski definition) is 2. The molecule has 1 aliphatic heterocycles. The van der Waals surface area contributed by atoms with Gasteiger partial charge in [0.2, 0.25) is 0 Å². The first-order valence-electron chi connectivity index (χ1n) is 6.15. The number of aromatic nitrogens is 2. The van der Waals surface area contributed by atoms with Gasteiger partial charge in [-0.2, -0.15) is 5.10 Å². The van der Waals surface area contributed by atoms with E-state index in [0.717, 1.165) is 42.5 Å². The van der Waals surface area contributed by atoms with Gasteiger partial charge in [0.1, 0.15) is 5.75 Å². The summed E-state index contributed by atoms with van der Waals surface area (Å²) < 4.78 is 2.09. The van der Waals surface area contributed by atoms with Crippen LogP contribution in [0.2, 0.25) is 0 Å². The Balaban J connectivity index is 2.13. The maximum atomic E-state index is 9.90. The number of aryl methyl sites for hydroxylation is 1. The molecule has 0 radical (unpaired) electrons. The molecule has 1 aromatic heterocycles. The van der Waals surface area contributed by atoms with Gasteiger partial charge >= 0.3 is 0 Å². The molecule has 2 N–H and O–H groups in total. The van der Waals surface area contributed by atoms with Crippen molar-refractivity contribution in [1.82, 2.24) is 15.1 Å². The number of benzene rings is 1. The van der Waals surface area contributed by atoms with Crippen molar-refractivity contribution in [1.29, 1.82) is 0 Å². The molecule has 1 fully saturated rings. The van der Waals surface area contributed by atoms with E-state index in [0.29, 0.717) is 11.8 Å². The Labute approximate surface area is 100 Å². The first-order chi connectivity index (χ1) is 8.27. The smallest absolute Gasteiger partial charge is 0.126 e. The largest absolute Gasteiger partial charge is 0.507 e. The first-order valence-corrected chi connectivity index (χ1v) is 6.15. The van der Waals surface area contributed by atoms with Crippen molar-refractivity contribution in [3.8, 4) is 5.75 Å². The van der Waals surface area contributed by atoms with E-state index in [2.05, 4.69) is 15.1 Å². The lowest BCUT2D eigenvalue weighted by molar-refractivity contribution is 0.350. The van der Waals surface area contributed by atoms with Crippen LogP contribution < -0.4 is 5.32 Å². The van der Waals surface area contributed by atoms with Crippen molar-refractivity contribution < 1.29 is 5.11 Å². The van der Waals surface area contributed by atoms with Gasteiger partial charge in [-0.05, 0) is 45.0 Å². The summed E-state index contributed by atoms with van der Waals surface area (Å²) in [4.78, 5) is 0. The second kappa shape index (κ2) is 4.04. The lowest BCUT2D eigenvalue weighted by Crippen LogP contribution is -2.29. The monoisotopic (exact) mass is 231 g/mol. The van der Waals surface area contributed by atoms with Crippen LogP contribution in [0.5, 0.6) is 5.75 Å². The van der Waals surface area contributed by atoms with E-state index >= 15 is 0 Å². The van der Waals surface area contributed by atoms with Crippen LogP contribution in [0.25, 0.3) is 10.9 Å². The molecular formula is C13H17N3O. The molecule has 1 aliphatic rings. The van der Waals surface area contributed by atoms with Crippen molar-refractivity contribution in [2.45, 2.75) is 25.8 Å². The van der Waals surface area contributed by atoms with Crippen LogP contribution in [0, 0.1) is 6.92 Å². The Morgan fingerprint density at radius 3 is 2.88 bits per heavy atom. The average molecular weight is 231 g/mol. The molecule has 2 aromatic rings. The molecule has 0 bridgehead atoms. The van der Waals surface area contributed by atoms with Gasteiger partial charge in [0.15, 0.2) is 0 Å². The maximum Gasteiger partial charge on any atom is 0.126 e. The quantitative estimate of drug-likeness (QED) is 0.789. The number of aromatic hydroxyl groups is 1. The molecule has 0 atom stereocenters. The van der Waals surface area contributed by atoms with Crippen LogP contribution in [-0.2, 0) is 0 Å². The number of nitrogens with one attached hydrogen (secondary N) is 1. The predicted octanol–water partition coefficient (Wildman–Crippen LogP) is 1.97. The van der Waals surface area contributed by atoms with Gasteiger partial charge < -0.3 is 10.4 Å². The third kappa shape index (κ3) is 1.69. The highest BCUT2D eigenvalue weighted by Crippen LogP contribution is 2.31. The third-order valence-electron chi connectivity index (χ3n) is 3.54. The van der Waals surface area contributed by atoms with Crippen molar-refractivity contribution in [3.63, 3.8) is 0 Å². The molecule has 90 valence electrons. The Morgan fingerprint density at radius 1 is 1.35 bits per heavy atom. The highest BCUT2D eigenvalue weighted by Gasteiger charge is 2.19. The van der Waals surface area contributed by atoms with Crippen molar-refractivity contribution in [2.75, 3.05) is 13.1 Å². The number of fused-ring (bicyclic) bond motifs is 1. The van der Waals surface area contributed by atoms with E-state index in [4.69, 9.17) is 0 Å². The zero-order valence-electron chi connectivity index (χ0n) is 9.98. The fourth-order valence-corrected chi connectivity index (χ4v) is 2.68. The van der Waals surface area contributed by atoms with Crippen molar-refractivity contribution in [2.24, 2.45) is 0 Å². The van der Waals surface area contributed by atoms with Gasteiger partial charge in [-0.25, -0.2) is 0 Å². The van der Waals surface area contributed by atoms with Gasteiger partial charge in [0, 0.05) is 0 Å². The lowest BCUT2D eigenvalue weighted by Gasteiger charge is -2.23. The summed E-state index contributed by atoms with van der Waals surface area (Å²) in [5.74, 6) is 0.334. The molecule has 4 heteroatoms. The Kier molecular flexibility index (Phi) is 2.52. The number of hydrogen-bond acceptors (Lipinski definition) is 3. The van der Waals surface area contributed by atoms with Crippen LogP contribution in [0.3, 0.4) is 0 Å². The minimum Gasteiger partial charge on any atom is -0.507 e. The fraction of sp³-hybridized carbons (Fsp3) is 0.462. The number of rotatable bonds is 1. The fourth-order valence-electron chi connectivity index (χ4n) is 2.68. The Hall–Kier alpha value is -1.55. The van der Waals surface area contributed by atoms with Crippen LogP contribution >= 0.6 is 0 Å². The number of nitrogens with zero attached hydrogens (tertiary/aromatic N) is 2. The zero-order chi connectivity index (χ0) is 11.8. The van der Waals surface area contributed by atoms with Gasteiger partial charge in [-0.15, -0.1) is 0 Å². The number of phenols is 1. The van der Waals surface area contributed by atoms with Gasteiger partial charge in [-0.3, -0.25) is 4.68 Å². The van der Waals surface area contributed by atoms with E-state index in [1.807, 2.05) is 19.1 Å². The minimum absolute atomic E-state index is 0.334. The molecular weight excluding hydrogens is 214 g/mol. The molecule has 0 saturated carbocycles. The summed E-state index contributed by atoms with van der Waals surface area (Å²) in [5.41, 5.74) is 1.96. The standard InChI is InChI=1S/C13H17N3O/c1-9-13-11(3-2-4-12(13)17)16(15-9)10-5-7-14-8-6-10/h2-4,10,14,17H,5-8H2,1H3. The molecule has 3 rings (SSSR count). The highest BCUT2D eigenvalue weighted by molar-refractivity contribution is 5.87. The molecule has 17 heavy (non-hydrogen) atoms. The summed E-state index contributed by atoms with van der Waals surface area (Å²) >= 11 is 0. The second-order valence-corrected chi connectivity index (χ2v) is 4.68. The van der Waals surface area contributed by atoms with Crippen molar-refractivity contribution in [3.05, 3.63) is 23.9 Å². The summed E-state index contributed by atoms with van der Waals surface area (Å²) in [6, 6.07) is 6.10.